The van der Waals surface area contributed by atoms with Crippen molar-refractivity contribution in [2.45, 2.75) is 6.92 Å². The van der Waals surface area contributed by atoms with Crippen molar-refractivity contribution in [3.63, 3.8) is 0 Å². The first kappa shape index (κ1) is 5.95. The van der Waals surface area contributed by atoms with E-state index in [1.807, 2.05) is 0 Å². The molecule has 0 aliphatic rings. The van der Waals surface area contributed by atoms with E-state index in [1.54, 1.807) is 6.92 Å². The third kappa shape index (κ3) is 3.95. The van der Waals surface area contributed by atoms with Crippen molar-refractivity contribution in [3.8, 4) is 0 Å². The van der Waals surface area contributed by atoms with Gasteiger partial charge in [-0.1, -0.05) is 0 Å². The molecule has 0 amide bonds. The maximum absolute atomic E-state index is 9.74. The van der Waals surface area contributed by atoms with Gasteiger partial charge in [0.05, 0.1) is 6.61 Å². The lowest BCUT2D eigenvalue weighted by molar-refractivity contribution is 0.183. The molecule has 0 aromatic carbocycles. The number of hydrogen-bond donors (Lipinski definition) is 0. The van der Waals surface area contributed by atoms with E-state index in [1.165, 1.54) is 0 Å². The average molecular weight is 153 g/mol. The van der Waals surface area contributed by atoms with Crippen molar-refractivity contribution in [1.82, 2.24) is 0 Å². The second-order valence-corrected chi connectivity index (χ2v) is 1.32. The van der Waals surface area contributed by atoms with Crippen molar-refractivity contribution >= 4 is 20.8 Å². The van der Waals surface area contributed by atoms with Gasteiger partial charge < -0.3 is 4.74 Å². The molecule has 0 radical (unpaired) electrons. The Balaban J connectivity index is 2.83. The molecule has 0 aliphatic heterocycles. The fourth-order valence-corrected chi connectivity index (χ4v) is 0.342. The summed E-state index contributed by atoms with van der Waals surface area (Å²) in [6.45, 7) is 2.18. The monoisotopic (exact) mass is 152 g/mol. The standard InChI is InChI=1S/C3H5BrO2/c1-2-6-3(4)5/h2H2,1H3. The van der Waals surface area contributed by atoms with Crippen molar-refractivity contribution in [1.29, 1.82) is 0 Å². The molecule has 0 aromatic rings. The van der Waals surface area contributed by atoms with E-state index in [0.29, 0.717) is 6.61 Å². The Morgan fingerprint density at radius 2 is 2.50 bits per heavy atom. The van der Waals surface area contributed by atoms with E-state index in [4.69, 9.17) is 0 Å². The van der Waals surface area contributed by atoms with Crippen molar-refractivity contribution in [3.05, 3.63) is 0 Å². The van der Waals surface area contributed by atoms with Crippen LogP contribution >= 0.6 is 15.9 Å². The van der Waals surface area contributed by atoms with Crippen molar-refractivity contribution < 1.29 is 9.53 Å². The predicted octanol–water partition coefficient (Wildman–Crippen LogP) is 1.54. The van der Waals surface area contributed by atoms with Crippen LogP contribution in [0.25, 0.3) is 0 Å². The van der Waals surface area contributed by atoms with Crippen LogP contribution in [0.15, 0.2) is 0 Å². The first-order chi connectivity index (χ1) is 2.77. The SMILES string of the molecule is CCOC(=O)Br. The summed E-state index contributed by atoms with van der Waals surface area (Å²) in [5.41, 5.74) is 0. The van der Waals surface area contributed by atoms with Gasteiger partial charge in [-0.3, -0.25) is 0 Å². The van der Waals surface area contributed by atoms with Crippen LogP contribution in [0.1, 0.15) is 6.92 Å². The molecule has 36 valence electrons. The molecule has 6 heavy (non-hydrogen) atoms. The summed E-state index contributed by atoms with van der Waals surface area (Å²) in [7, 11) is 0. The van der Waals surface area contributed by atoms with E-state index in [2.05, 4.69) is 20.7 Å². The van der Waals surface area contributed by atoms with E-state index in [-0.39, 0.29) is 0 Å². The minimum Gasteiger partial charge on any atom is -0.458 e. The van der Waals surface area contributed by atoms with Gasteiger partial charge in [-0.15, -0.1) is 0 Å². The second kappa shape index (κ2) is 3.15. The highest BCUT2D eigenvalue weighted by Gasteiger charge is 1.85. The number of hydrogen-bond acceptors (Lipinski definition) is 2. The van der Waals surface area contributed by atoms with Crippen LogP contribution in [-0.2, 0) is 4.74 Å². The summed E-state index contributed by atoms with van der Waals surface area (Å²) in [6.07, 6.45) is 0. The average Bonchev–Trinajstić information content (AvgIpc) is 1.35. The van der Waals surface area contributed by atoms with Gasteiger partial charge in [0, 0.05) is 15.9 Å². The Morgan fingerprint density at radius 3 is 2.50 bits per heavy atom. The predicted molar refractivity (Wildman–Crippen MR) is 25.9 cm³/mol. The highest BCUT2D eigenvalue weighted by molar-refractivity contribution is 9.18. The fourth-order valence-electron chi connectivity index (χ4n) is 0.113. The van der Waals surface area contributed by atoms with Crippen LogP contribution in [0.2, 0.25) is 0 Å². The third-order valence-electron chi connectivity index (χ3n) is 0.258. The molecule has 0 fully saturated rings. The lowest BCUT2D eigenvalue weighted by Crippen LogP contribution is -1.88. The van der Waals surface area contributed by atoms with E-state index >= 15 is 0 Å². The van der Waals surface area contributed by atoms with Gasteiger partial charge in [-0.05, 0) is 6.92 Å². The molecule has 0 N–H and O–H groups in total. The Hall–Kier alpha value is -0.0500. The molecule has 0 aliphatic carbocycles. The highest BCUT2D eigenvalue weighted by atomic mass is 79.9. The summed E-state index contributed by atoms with van der Waals surface area (Å²) in [5, 5.41) is 0. The molecule has 0 saturated carbocycles. The van der Waals surface area contributed by atoms with E-state index in [9.17, 15) is 4.79 Å². The molecule has 0 saturated heterocycles. The molecule has 0 heterocycles. The van der Waals surface area contributed by atoms with Gasteiger partial charge in [0.15, 0.2) is 0 Å². The molecular weight excluding hydrogens is 148 g/mol. The van der Waals surface area contributed by atoms with Gasteiger partial charge in [-0.25, -0.2) is 4.79 Å². The van der Waals surface area contributed by atoms with E-state index < -0.39 is 4.88 Å². The number of ether oxygens (including phenoxy) is 1. The quantitative estimate of drug-likeness (QED) is 0.534. The minimum absolute atomic E-state index is 0.398. The Kier molecular flexibility index (Phi) is 3.13. The number of carbonyl (C=O) groups excluding carboxylic acids is 1. The molecule has 0 atom stereocenters. The summed E-state index contributed by atoms with van der Waals surface area (Å²) in [6, 6.07) is 0. The molecule has 3 heteroatoms. The van der Waals surface area contributed by atoms with Gasteiger partial charge >= 0.3 is 4.88 Å². The van der Waals surface area contributed by atoms with Crippen molar-refractivity contribution in [2.24, 2.45) is 0 Å². The molecule has 2 nitrogen and oxygen atoms in total. The first-order valence-electron chi connectivity index (χ1n) is 1.59. The minimum atomic E-state index is -0.398. The number of halogens is 1. The molecular formula is C3H5BrO2. The smallest absolute Gasteiger partial charge is 0.374 e. The number of carbonyl (C=O) groups is 1. The van der Waals surface area contributed by atoms with Gasteiger partial charge in [0.25, 0.3) is 0 Å². The van der Waals surface area contributed by atoms with Crippen LogP contribution in [-0.4, -0.2) is 11.5 Å². The Labute approximate surface area is 44.6 Å². The van der Waals surface area contributed by atoms with Crippen LogP contribution in [0.5, 0.6) is 0 Å². The van der Waals surface area contributed by atoms with Crippen LogP contribution in [0.3, 0.4) is 0 Å². The third-order valence-corrected chi connectivity index (χ3v) is 0.487. The normalized spacial score (nSPS) is 7.67. The molecule has 0 bridgehead atoms. The Morgan fingerprint density at radius 1 is 2.00 bits per heavy atom. The highest BCUT2D eigenvalue weighted by Crippen LogP contribution is 1.87. The van der Waals surface area contributed by atoms with Gasteiger partial charge in [0.2, 0.25) is 0 Å². The molecule has 0 rings (SSSR count). The summed E-state index contributed by atoms with van der Waals surface area (Å²) >= 11 is 2.57. The van der Waals surface area contributed by atoms with Crippen LogP contribution in [0, 0.1) is 0 Å². The molecule has 0 aromatic heterocycles. The lowest BCUT2D eigenvalue weighted by Gasteiger charge is -1.87. The zero-order chi connectivity index (χ0) is 4.99. The maximum atomic E-state index is 9.74. The topological polar surface area (TPSA) is 26.3 Å². The van der Waals surface area contributed by atoms with E-state index in [0.717, 1.165) is 0 Å². The van der Waals surface area contributed by atoms with Gasteiger partial charge in [-0.2, -0.15) is 0 Å². The van der Waals surface area contributed by atoms with Crippen LogP contribution in [0.4, 0.5) is 4.79 Å². The van der Waals surface area contributed by atoms with Gasteiger partial charge in [0.1, 0.15) is 0 Å². The zero-order valence-corrected chi connectivity index (χ0v) is 4.99. The second-order valence-electron chi connectivity index (χ2n) is 0.671. The first-order valence-corrected chi connectivity index (χ1v) is 2.39. The number of rotatable bonds is 1. The fraction of sp³-hybridized carbons (Fsp3) is 0.667. The molecule has 0 unspecified atom stereocenters. The Bertz CT molecular complexity index is 52.8. The summed E-state index contributed by atoms with van der Waals surface area (Å²) < 4.78 is 4.32. The van der Waals surface area contributed by atoms with Crippen molar-refractivity contribution in [2.75, 3.05) is 6.61 Å². The zero-order valence-electron chi connectivity index (χ0n) is 3.40. The lowest BCUT2D eigenvalue weighted by atomic mass is 10.9. The largest absolute Gasteiger partial charge is 0.458 e. The summed E-state index contributed by atoms with van der Waals surface area (Å²) in [4.78, 5) is 9.34. The maximum Gasteiger partial charge on any atom is 0.374 e. The summed E-state index contributed by atoms with van der Waals surface area (Å²) in [5.74, 6) is 0. The molecule has 0 spiro atoms. The van der Waals surface area contributed by atoms with Crippen LogP contribution < -0.4 is 0 Å².